The van der Waals surface area contributed by atoms with Gasteiger partial charge in [0.25, 0.3) is 0 Å². The summed E-state index contributed by atoms with van der Waals surface area (Å²) in [6.07, 6.45) is 1.76. The van der Waals surface area contributed by atoms with E-state index in [1.54, 1.807) is 0 Å². The molecule has 2 unspecified atom stereocenters. The van der Waals surface area contributed by atoms with Crippen LogP contribution in [0.3, 0.4) is 0 Å². The van der Waals surface area contributed by atoms with E-state index in [4.69, 9.17) is 14.2 Å². The second-order valence-electron chi connectivity index (χ2n) is 8.29. The number of rotatable bonds is 3. The summed E-state index contributed by atoms with van der Waals surface area (Å²) in [5.41, 5.74) is 0.733. The smallest absolute Gasteiger partial charge is 0.164 e. The largest absolute Gasteiger partial charge is 0.390 e. The monoisotopic (exact) mass is 310 g/mol. The lowest BCUT2D eigenvalue weighted by Crippen LogP contribution is -2.51. The zero-order chi connectivity index (χ0) is 16.3. The van der Waals surface area contributed by atoms with Crippen LogP contribution < -0.4 is 0 Å². The molecular weight excluding hydrogens is 280 g/mol. The summed E-state index contributed by atoms with van der Waals surface area (Å²) in [6, 6.07) is 0. The van der Waals surface area contributed by atoms with Crippen LogP contribution in [0.4, 0.5) is 0 Å². The Morgan fingerprint density at radius 1 is 1.32 bits per heavy atom. The average molecular weight is 310 g/mol. The minimum Gasteiger partial charge on any atom is -0.390 e. The van der Waals surface area contributed by atoms with Gasteiger partial charge in [-0.2, -0.15) is 0 Å². The van der Waals surface area contributed by atoms with Gasteiger partial charge in [-0.15, -0.1) is 0 Å². The van der Waals surface area contributed by atoms with E-state index >= 15 is 0 Å². The van der Waals surface area contributed by atoms with Crippen LogP contribution in [0, 0.1) is 11.8 Å². The van der Waals surface area contributed by atoms with Gasteiger partial charge >= 0.3 is 0 Å². The fourth-order valence-electron chi connectivity index (χ4n) is 4.47. The van der Waals surface area contributed by atoms with Crippen LogP contribution in [0.5, 0.6) is 0 Å². The quantitative estimate of drug-likeness (QED) is 0.814. The molecule has 0 aromatic heterocycles. The van der Waals surface area contributed by atoms with Crippen molar-refractivity contribution in [3.8, 4) is 0 Å². The van der Waals surface area contributed by atoms with Crippen LogP contribution in [-0.2, 0) is 14.2 Å². The van der Waals surface area contributed by atoms with Gasteiger partial charge in [0, 0.05) is 5.92 Å². The Bertz CT molecular complexity index is 454. The number of ether oxygens (including phenoxy) is 3. The lowest BCUT2D eigenvalue weighted by Gasteiger charge is -2.39. The average Bonchev–Trinajstić information content (AvgIpc) is 2.81. The van der Waals surface area contributed by atoms with Gasteiger partial charge in [-0.1, -0.05) is 20.4 Å². The van der Waals surface area contributed by atoms with E-state index in [2.05, 4.69) is 27.4 Å². The minimum absolute atomic E-state index is 0.0557. The molecule has 4 nitrogen and oxygen atoms in total. The standard InChI is InChI=1S/C18H30O4/c1-10(2)9-13(19)14-11(3)12-7-8-18(6)16(15(12)20-14)21-17(4,5)22-18/h10,12-16,19H,3,7-9H2,1-2,4-6H3/t12-,13?,14+,15+,16?,18+/m0/s1. The predicted molar refractivity (Wildman–Crippen MR) is 84.4 cm³/mol. The highest BCUT2D eigenvalue weighted by Gasteiger charge is 2.61. The van der Waals surface area contributed by atoms with Crippen LogP contribution in [-0.4, -0.2) is 40.9 Å². The first-order valence-electron chi connectivity index (χ1n) is 8.53. The fraction of sp³-hybridized carbons (Fsp3) is 0.889. The van der Waals surface area contributed by atoms with Crippen molar-refractivity contribution < 1.29 is 19.3 Å². The number of aliphatic hydroxyl groups excluding tert-OH is 1. The summed E-state index contributed by atoms with van der Waals surface area (Å²) < 4.78 is 18.6. The Morgan fingerprint density at radius 2 is 2.00 bits per heavy atom. The van der Waals surface area contributed by atoms with Crippen LogP contribution in [0.2, 0.25) is 0 Å². The SMILES string of the molecule is C=C1[C@H](C(O)CC(C)C)O[C@H]2C3OC(C)(C)O[C@]3(C)CC[C@@H]12. The first kappa shape index (κ1) is 16.4. The summed E-state index contributed by atoms with van der Waals surface area (Å²) in [5.74, 6) is 0.125. The Labute approximate surface area is 133 Å². The molecule has 2 aliphatic heterocycles. The van der Waals surface area contributed by atoms with Crippen LogP contribution in [0.25, 0.3) is 0 Å². The minimum atomic E-state index is -0.576. The molecule has 4 heteroatoms. The molecule has 22 heavy (non-hydrogen) atoms. The number of aliphatic hydroxyl groups is 1. The predicted octanol–water partition coefficient (Wildman–Crippen LogP) is 3.04. The van der Waals surface area contributed by atoms with Gasteiger partial charge in [-0.3, -0.25) is 0 Å². The Kier molecular flexibility index (Phi) is 3.96. The third kappa shape index (κ3) is 2.64. The Hall–Kier alpha value is -0.420. The van der Waals surface area contributed by atoms with Gasteiger partial charge in [0.2, 0.25) is 0 Å². The second kappa shape index (κ2) is 5.30. The molecule has 1 aliphatic carbocycles. The van der Waals surface area contributed by atoms with Gasteiger partial charge in [0.1, 0.15) is 12.2 Å². The molecule has 2 heterocycles. The number of fused-ring (bicyclic) bond motifs is 3. The molecule has 0 aromatic carbocycles. The van der Waals surface area contributed by atoms with Crippen molar-refractivity contribution in [3.63, 3.8) is 0 Å². The number of hydrogen-bond acceptors (Lipinski definition) is 4. The van der Waals surface area contributed by atoms with Crippen LogP contribution in [0.1, 0.15) is 53.9 Å². The summed E-state index contributed by atoms with van der Waals surface area (Å²) >= 11 is 0. The Balaban J connectivity index is 1.79. The molecule has 3 rings (SSSR count). The zero-order valence-electron chi connectivity index (χ0n) is 14.5. The lowest BCUT2D eigenvalue weighted by molar-refractivity contribution is -0.165. The molecule has 126 valence electrons. The lowest BCUT2D eigenvalue weighted by atomic mass is 9.73. The van der Waals surface area contributed by atoms with Crippen molar-refractivity contribution in [1.29, 1.82) is 0 Å². The van der Waals surface area contributed by atoms with E-state index in [-0.39, 0.29) is 29.8 Å². The summed E-state index contributed by atoms with van der Waals surface area (Å²) in [5, 5.41) is 10.5. The molecule has 2 saturated heterocycles. The third-order valence-electron chi connectivity index (χ3n) is 5.35. The highest BCUT2D eigenvalue weighted by Crippen LogP contribution is 2.52. The molecule has 0 spiro atoms. The van der Waals surface area contributed by atoms with Crippen molar-refractivity contribution >= 4 is 0 Å². The maximum Gasteiger partial charge on any atom is 0.164 e. The first-order chi connectivity index (χ1) is 10.1. The molecule has 3 fully saturated rings. The van der Waals surface area contributed by atoms with Crippen molar-refractivity contribution in [1.82, 2.24) is 0 Å². The molecule has 0 radical (unpaired) electrons. The second-order valence-corrected chi connectivity index (χ2v) is 8.29. The normalized spacial score (nSPS) is 45.0. The fourth-order valence-corrected chi connectivity index (χ4v) is 4.47. The summed E-state index contributed by atoms with van der Waals surface area (Å²) in [7, 11) is 0. The molecular formula is C18H30O4. The zero-order valence-corrected chi connectivity index (χ0v) is 14.5. The van der Waals surface area contributed by atoms with Gasteiger partial charge in [0.15, 0.2) is 5.79 Å². The topological polar surface area (TPSA) is 47.9 Å². The molecule has 1 saturated carbocycles. The maximum atomic E-state index is 10.5. The van der Waals surface area contributed by atoms with Crippen molar-refractivity contribution in [2.45, 2.75) is 89.7 Å². The third-order valence-corrected chi connectivity index (χ3v) is 5.35. The highest BCUT2D eigenvalue weighted by atomic mass is 16.8. The van der Waals surface area contributed by atoms with Crippen molar-refractivity contribution in [2.75, 3.05) is 0 Å². The molecule has 0 amide bonds. The molecule has 0 bridgehead atoms. The van der Waals surface area contributed by atoms with Crippen LogP contribution >= 0.6 is 0 Å². The van der Waals surface area contributed by atoms with Crippen molar-refractivity contribution in [3.05, 3.63) is 12.2 Å². The number of hydrogen-bond donors (Lipinski definition) is 1. The molecule has 6 atom stereocenters. The van der Waals surface area contributed by atoms with E-state index in [9.17, 15) is 5.11 Å². The van der Waals surface area contributed by atoms with E-state index in [1.165, 1.54) is 0 Å². The Morgan fingerprint density at radius 3 is 2.64 bits per heavy atom. The van der Waals surface area contributed by atoms with E-state index in [0.717, 1.165) is 24.8 Å². The first-order valence-corrected chi connectivity index (χ1v) is 8.53. The van der Waals surface area contributed by atoms with Gasteiger partial charge < -0.3 is 19.3 Å². The van der Waals surface area contributed by atoms with E-state index in [0.29, 0.717) is 5.92 Å². The summed E-state index contributed by atoms with van der Waals surface area (Å²) in [4.78, 5) is 0. The molecule has 3 aliphatic rings. The van der Waals surface area contributed by atoms with Gasteiger partial charge in [-0.25, -0.2) is 0 Å². The van der Waals surface area contributed by atoms with Crippen LogP contribution in [0.15, 0.2) is 12.2 Å². The highest BCUT2D eigenvalue weighted by molar-refractivity contribution is 5.22. The van der Waals surface area contributed by atoms with E-state index in [1.807, 2.05) is 13.8 Å². The van der Waals surface area contributed by atoms with Gasteiger partial charge in [0.05, 0.1) is 17.8 Å². The summed E-state index contributed by atoms with van der Waals surface area (Å²) in [6.45, 7) is 14.5. The maximum absolute atomic E-state index is 10.5. The molecule has 1 N–H and O–H groups in total. The van der Waals surface area contributed by atoms with Gasteiger partial charge in [-0.05, 0) is 51.5 Å². The van der Waals surface area contributed by atoms with Crippen molar-refractivity contribution in [2.24, 2.45) is 11.8 Å². The van der Waals surface area contributed by atoms with E-state index < -0.39 is 11.9 Å². The molecule has 0 aromatic rings.